The first-order chi connectivity index (χ1) is 9.40. The molecule has 20 heavy (non-hydrogen) atoms. The lowest BCUT2D eigenvalue weighted by Crippen LogP contribution is -2.41. The third kappa shape index (κ3) is 2.68. The Morgan fingerprint density at radius 2 is 2.05 bits per heavy atom. The molecule has 1 heterocycles. The highest BCUT2D eigenvalue weighted by molar-refractivity contribution is 6.52. The Labute approximate surface area is 115 Å². The highest BCUT2D eigenvalue weighted by Crippen LogP contribution is 2.29. The zero-order valence-corrected chi connectivity index (χ0v) is 11.3. The number of rotatable bonds is 4. The third-order valence-electron chi connectivity index (χ3n) is 2.94. The molecule has 0 saturated carbocycles. The van der Waals surface area contributed by atoms with Gasteiger partial charge >= 0.3 is 0 Å². The molecule has 1 aliphatic heterocycles. The molecule has 1 aromatic carbocycles. The summed E-state index contributed by atoms with van der Waals surface area (Å²) in [7, 11) is 0. The number of nitrogens with zero attached hydrogens (tertiary/aromatic N) is 1. The number of hydrogen-bond acceptors (Lipinski definition) is 3. The van der Waals surface area contributed by atoms with Crippen LogP contribution in [0.15, 0.2) is 18.2 Å². The van der Waals surface area contributed by atoms with Crippen LogP contribution in [0.3, 0.4) is 0 Å². The number of halogens is 1. The van der Waals surface area contributed by atoms with E-state index < -0.39 is 17.5 Å². The van der Waals surface area contributed by atoms with Gasteiger partial charge in [-0.2, -0.15) is 0 Å². The molecule has 0 bridgehead atoms. The van der Waals surface area contributed by atoms with Gasteiger partial charge < -0.3 is 5.32 Å². The van der Waals surface area contributed by atoms with Gasteiger partial charge in [-0.15, -0.1) is 0 Å². The minimum absolute atomic E-state index is 0.00617. The van der Waals surface area contributed by atoms with Gasteiger partial charge in [0.25, 0.3) is 11.7 Å². The number of hydrogen-bond donors (Lipinski definition) is 1. The maximum absolute atomic E-state index is 13.1. The Morgan fingerprint density at radius 1 is 1.35 bits per heavy atom. The van der Waals surface area contributed by atoms with Gasteiger partial charge in [-0.1, -0.05) is 13.8 Å². The van der Waals surface area contributed by atoms with Crippen molar-refractivity contribution >= 4 is 23.3 Å². The maximum atomic E-state index is 13.1. The summed E-state index contributed by atoms with van der Waals surface area (Å²) in [6.45, 7) is 4.15. The van der Waals surface area contributed by atoms with Crippen LogP contribution in [-0.4, -0.2) is 30.7 Å². The average Bonchev–Trinajstić information content (AvgIpc) is 2.61. The fraction of sp³-hybridized carbons (Fsp3) is 0.357. The SMILES string of the molecule is CC(C)CNC(=O)CN1C(=O)C(=O)c2cc(F)ccc21. The third-order valence-corrected chi connectivity index (χ3v) is 2.94. The Hall–Kier alpha value is -2.24. The van der Waals surface area contributed by atoms with E-state index in [1.165, 1.54) is 6.07 Å². The maximum Gasteiger partial charge on any atom is 0.299 e. The van der Waals surface area contributed by atoms with E-state index in [0.29, 0.717) is 6.54 Å². The fourth-order valence-electron chi connectivity index (χ4n) is 1.95. The lowest BCUT2D eigenvalue weighted by atomic mass is 10.1. The van der Waals surface area contributed by atoms with Crippen molar-refractivity contribution in [3.63, 3.8) is 0 Å². The number of ketones is 1. The number of amides is 2. The molecule has 0 aromatic heterocycles. The van der Waals surface area contributed by atoms with Crippen LogP contribution in [0, 0.1) is 11.7 Å². The molecule has 1 aliphatic rings. The molecule has 0 radical (unpaired) electrons. The van der Waals surface area contributed by atoms with Crippen molar-refractivity contribution in [2.75, 3.05) is 18.0 Å². The summed E-state index contributed by atoms with van der Waals surface area (Å²) in [6.07, 6.45) is 0. The number of Topliss-reactive ketones (excluding diaryl/α,β-unsaturated/α-hetero) is 1. The second-order valence-electron chi connectivity index (χ2n) is 5.08. The zero-order chi connectivity index (χ0) is 14.9. The van der Waals surface area contributed by atoms with Gasteiger partial charge in [-0.05, 0) is 24.1 Å². The molecular formula is C14H15FN2O3. The summed E-state index contributed by atoms with van der Waals surface area (Å²) in [4.78, 5) is 36.4. The van der Waals surface area contributed by atoms with Gasteiger partial charge in [-0.3, -0.25) is 19.3 Å². The van der Waals surface area contributed by atoms with Crippen molar-refractivity contribution in [2.24, 2.45) is 5.92 Å². The molecule has 0 aliphatic carbocycles. The Morgan fingerprint density at radius 3 is 2.70 bits per heavy atom. The van der Waals surface area contributed by atoms with Gasteiger partial charge in [0.05, 0.1) is 11.3 Å². The molecule has 5 nitrogen and oxygen atoms in total. The van der Waals surface area contributed by atoms with Crippen LogP contribution in [0.5, 0.6) is 0 Å². The minimum Gasteiger partial charge on any atom is -0.354 e. The second kappa shape index (κ2) is 5.40. The Balaban J connectivity index is 2.16. The molecule has 1 aromatic rings. The van der Waals surface area contributed by atoms with Crippen molar-refractivity contribution in [3.8, 4) is 0 Å². The van der Waals surface area contributed by atoms with Crippen LogP contribution in [-0.2, 0) is 9.59 Å². The van der Waals surface area contributed by atoms with Crippen LogP contribution in [0.2, 0.25) is 0 Å². The topological polar surface area (TPSA) is 66.5 Å². The number of carbonyl (C=O) groups excluding carboxylic acids is 3. The van der Waals surface area contributed by atoms with E-state index in [1.54, 1.807) is 0 Å². The summed E-state index contributed by atoms with van der Waals surface area (Å²) in [5, 5.41) is 2.67. The number of fused-ring (bicyclic) bond motifs is 1. The summed E-state index contributed by atoms with van der Waals surface area (Å²) < 4.78 is 13.1. The van der Waals surface area contributed by atoms with E-state index in [2.05, 4.69) is 5.32 Å². The minimum atomic E-state index is -0.801. The van der Waals surface area contributed by atoms with Crippen molar-refractivity contribution in [2.45, 2.75) is 13.8 Å². The Bertz CT molecular complexity index is 584. The molecule has 0 fully saturated rings. The van der Waals surface area contributed by atoms with E-state index in [-0.39, 0.29) is 29.6 Å². The summed E-state index contributed by atoms with van der Waals surface area (Å²) >= 11 is 0. The smallest absolute Gasteiger partial charge is 0.299 e. The Kier molecular flexibility index (Phi) is 3.83. The molecule has 1 N–H and O–H groups in total. The first-order valence-corrected chi connectivity index (χ1v) is 6.32. The molecule has 2 rings (SSSR count). The molecule has 0 atom stereocenters. The number of carbonyl (C=O) groups is 3. The van der Waals surface area contributed by atoms with E-state index in [0.717, 1.165) is 17.0 Å². The van der Waals surface area contributed by atoms with Crippen molar-refractivity contribution in [3.05, 3.63) is 29.6 Å². The van der Waals surface area contributed by atoms with Gasteiger partial charge in [0.2, 0.25) is 5.91 Å². The predicted octanol–water partition coefficient (Wildman–Crippen LogP) is 1.13. The molecule has 2 amide bonds. The first-order valence-electron chi connectivity index (χ1n) is 6.32. The molecule has 6 heteroatoms. The van der Waals surface area contributed by atoms with E-state index >= 15 is 0 Å². The van der Waals surface area contributed by atoms with Crippen molar-refractivity contribution in [1.29, 1.82) is 0 Å². The standard InChI is InChI=1S/C14H15FN2O3/c1-8(2)6-16-12(18)7-17-11-4-3-9(15)5-10(11)13(19)14(17)20/h3-5,8H,6-7H2,1-2H3,(H,16,18). The second-order valence-corrected chi connectivity index (χ2v) is 5.08. The highest BCUT2D eigenvalue weighted by atomic mass is 19.1. The number of anilines is 1. The van der Waals surface area contributed by atoms with Gasteiger partial charge in [-0.25, -0.2) is 4.39 Å². The molecule has 0 unspecified atom stereocenters. The van der Waals surface area contributed by atoms with Crippen LogP contribution in [0.25, 0.3) is 0 Å². The normalized spacial score (nSPS) is 13.9. The molecule has 106 valence electrons. The predicted molar refractivity (Wildman–Crippen MR) is 70.9 cm³/mol. The van der Waals surface area contributed by atoms with E-state index in [1.807, 2.05) is 13.8 Å². The van der Waals surface area contributed by atoms with Crippen LogP contribution in [0.1, 0.15) is 24.2 Å². The monoisotopic (exact) mass is 278 g/mol. The molecular weight excluding hydrogens is 263 g/mol. The van der Waals surface area contributed by atoms with Gasteiger partial charge in [0.1, 0.15) is 12.4 Å². The zero-order valence-electron chi connectivity index (χ0n) is 11.3. The quantitative estimate of drug-likeness (QED) is 0.839. The summed E-state index contributed by atoms with van der Waals surface area (Å²) in [6, 6.07) is 3.51. The van der Waals surface area contributed by atoms with Gasteiger partial charge in [0, 0.05) is 6.54 Å². The van der Waals surface area contributed by atoms with Crippen LogP contribution in [0.4, 0.5) is 10.1 Å². The van der Waals surface area contributed by atoms with E-state index in [4.69, 9.17) is 0 Å². The lowest BCUT2D eigenvalue weighted by Gasteiger charge is -2.16. The van der Waals surface area contributed by atoms with Gasteiger partial charge in [0.15, 0.2) is 0 Å². The number of benzene rings is 1. The lowest BCUT2D eigenvalue weighted by molar-refractivity contribution is -0.122. The number of nitrogens with one attached hydrogen (secondary N) is 1. The molecule has 0 spiro atoms. The van der Waals surface area contributed by atoms with Crippen LogP contribution >= 0.6 is 0 Å². The summed E-state index contributed by atoms with van der Waals surface area (Å²) in [5.74, 6) is -2.23. The first kappa shape index (κ1) is 14.2. The molecule has 0 saturated heterocycles. The average molecular weight is 278 g/mol. The highest BCUT2D eigenvalue weighted by Gasteiger charge is 2.36. The van der Waals surface area contributed by atoms with Crippen molar-refractivity contribution in [1.82, 2.24) is 5.32 Å². The largest absolute Gasteiger partial charge is 0.354 e. The van der Waals surface area contributed by atoms with Crippen LogP contribution < -0.4 is 10.2 Å². The van der Waals surface area contributed by atoms with Crippen molar-refractivity contribution < 1.29 is 18.8 Å². The van der Waals surface area contributed by atoms with E-state index in [9.17, 15) is 18.8 Å². The summed E-state index contributed by atoms with van der Waals surface area (Å²) in [5.41, 5.74) is 0.285. The fourth-order valence-corrected chi connectivity index (χ4v) is 1.95.